The quantitative estimate of drug-likeness (QED) is 0.754. The molecular formula is C13H15F2N3O. The van der Waals surface area contributed by atoms with Crippen molar-refractivity contribution in [3.05, 3.63) is 42.2 Å². The van der Waals surface area contributed by atoms with Gasteiger partial charge in [0.25, 0.3) is 0 Å². The summed E-state index contributed by atoms with van der Waals surface area (Å²) in [6.45, 7) is -0.445. The minimum atomic E-state index is -2.60. The number of hydrogen-bond donors (Lipinski definition) is 0. The number of carbonyl (C=O) groups is 1. The van der Waals surface area contributed by atoms with Crippen LogP contribution in [0.3, 0.4) is 0 Å². The van der Waals surface area contributed by atoms with E-state index in [2.05, 4.69) is 4.98 Å². The molecule has 19 heavy (non-hydrogen) atoms. The molecule has 2 rings (SSSR count). The Kier molecular flexibility index (Phi) is 4.09. The summed E-state index contributed by atoms with van der Waals surface area (Å²) >= 11 is 0. The standard InChI is InChI=1S/C13H15F2N3O/c1-2-3-11(19)10-4-6-17(8-10)9-12-16-5-7-18(12)13(14)15/h4-8,13H,2-3,9H2,1H3. The molecule has 0 aliphatic heterocycles. The van der Waals surface area contributed by atoms with Gasteiger partial charge in [0.2, 0.25) is 0 Å². The number of halogens is 2. The molecule has 0 fully saturated rings. The monoisotopic (exact) mass is 267 g/mol. The van der Waals surface area contributed by atoms with Crippen LogP contribution in [0.5, 0.6) is 0 Å². The van der Waals surface area contributed by atoms with Crippen LogP contribution in [0.2, 0.25) is 0 Å². The smallest absolute Gasteiger partial charge is 0.319 e. The van der Waals surface area contributed by atoms with Gasteiger partial charge in [-0.05, 0) is 12.5 Å². The van der Waals surface area contributed by atoms with Gasteiger partial charge < -0.3 is 4.57 Å². The zero-order valence-corrected chi connectivity index (χ0v) is 10.6. The zero-order valence-electron chi connectivity index (χ0n) is 10.6. The third-order valence-corrected chi connectivity index (χ3v) is 2.83. The minimum Gasteiger partial charge on any atom is -0.346 e. The first-order valence-corrected chi connectivity index (χ1v) is 6.10. The molecule has 0 N–H and O–H groups in total. The fraction of sp³-hybridized carbons (Fsp3) is 0.385. The predicted molar refractivity (Wildman–Crippen MR) is 66.3 cm³/mol. The number of hydrogen-bond acceptors (Lipinski definition) is 2. The van der Waals surface area contributed by atoms with Crippen molar-refractivity contribution in [3.63, 3.8) is 0 Å². The van der Waals surface area contributed by atoms with Crippen LogP contribution in [0.1, 0.15) is 42.5 Å². The van der Waals surface area contributed by atoms with Crippen molar-refractivity contribution in [2.75, 3.05) is 0 Å². The summed E-state index contributed by atoms with van der Waals surface area (Å²) in [5.41, 5.74) is 0.608. The molecule has 0 aliphatic carbocycles. The van der Waals surface area contributed by atoms with Gasteiger partial charge in [-0.3, -0.25) is 9.36 Å². The highest BCUT2D eigenvalue weighted by molar-refractivity contribution is 5.95. The van der Waals surface area contributed by atoms with Gasteiger partial charge in [0.15, 0.2) is 5.78 Å². The molecule has 0 amide bonds. The molecule has 4 nitrogen and oxygen atoms in total. The summed E-state index contributed by atoms with van der Waals surface area (Å²) < 4.78 is 27.8. The Hall–Kier alpha value is -1.98. The van der Waals surface area contributed by atoms with Crippen LogP contribution >= 0.6 is 0 Å². The predicted octanol–water partition coefficient (Wildman–Crippen LogP) is 3.11. The third-order valence-electron chi connectivity index (χ3n) is 2.83. The Morgan fingerprint density at radius 2 is 2.21 bits per heavy atom. The Morgan fingerprint density at radius 1 is 1.42 bits per heavy atom. The summed E-state index contributed by atoms with van der Waals surface area (Å²) in [5, 5.41) is 0. The van der Waals surface area contributed by atoms with Gasteiger partial charge in [-0.2, -0.15) is 8.78 Å². The number of aromatic nitrogens is 3. The van der Waals surface area contributed by atoms with E-state index in [1.165, 1.54) is 12.4 Å². The molecule has 0 atom stereocenters. The Morgan fingerprint density at radius 3 is 2.89 bits per heavy atom. The van der Waals surface area contributed by atoms with E-state index in [4.69, 9.17) is 0 Å². The Labute approximate surface area is 109 Å². The van der Waals surface area contributed by atoms with Crippen LogP contribution in [0.15, 0.2) is 30.9 Å². The van der Waals surface area contributed by atoms with Crippen molar-refractivity contribution in [2.45, 2.75) is 32.9 Å². The average molecular weight is 267 g/mol. The number of Topliss-reactive ketones (excluding diaryl/α,β-unsaturated/α-hetero) is 1. The molecule has 2 aromatic heterocycles. The van der Waals surface area contributed by atoms with Gasteiger partial charge in [0, 0.05) is 36.8 Å². The third kappa shape index (κ3) is 3.07. The first-order chi connectivity index (χ1) is 9.11. The Bertz CT molecular complexity index is 560. The zero-order chi connectivity index (χ0) is 13.8. The molecule has 102 valence electrons. The average Bonchev–Trinajstić information content (AvgIpc) is 2.99. The van der Waals surface area contributed by atoms with Crippen molar-refractivity contribution in [1.29, 1.82) is 0 Å². The van der Waals surface area contributed by atoms with E-state index in [0.717, 1.165) is 11.0 Å². The highest BCUT2D eigenvalue weighted by Crippen LogP contribution is 2.14. The van der Waals surface area contributed by atoms with Crippen LogP contribution in [-0.4, -0.2) is 19.9 Å². The molecule has 0 bridgehead atoms. The van der Waals surface area contributed by atoms with Crippen LogP contribution in [0.25, 0.3) is 0 Å². The summed E-state index contributed by atoms with van der Waals surface area (Å²) in [6.07, 6.45) is 7.24. The van der Waals surface area contributed by atoms with Crippen LogP contribution in [-0.2, 0) is 6.54 Å². The van der Waals surface area contributed by atoms with E-state index in [-0.39, 0.29) is 18.2 Å². The number of rotatable bonds is 6. The highest BCUT2D eigenvalue weighted by Gasteiger charge is 2.12. The summed E-state index contributed by atoms with van der Waals surface area (Å²) in [5.74, 6) is 0.332. The molecule has 2 aromatic rings. The molecule has 0 unspecified atom stereocenters. The maximum Gasteiger partial charge on any atom is 0.319 e. The lowest BCUT2D eigenvalue weighted by Crippen LogP contribution is -2.08. The van der Waals surface area contributed by atoms with Gasteiger partial charge >= 0.3 is 6.55 Å². The molecule has 0 aromatic carbocycles. The molecule has 0 saturated heterocycles. The number of alkyl halides is 2. The highest BCUT2D eigenvalue weighted by atomic mass is 19.3. The van der Waals surface area contributed by atoms with E-state index < -0.39 is 6.55 Å². The second kappa shape index (κ2) is 5.77. The van der Waals surface area contributed by atoms with Crippen molar-refractivity contribution in [3.8, 4) is 0 Å². The van der Waals surface area contributed by atoms with Gasteiger partial charge in [-0.15, -0.1) is 0 Å². The largest absolute Gasteiger partial charge is 0.346 e. The SMILES string of the molecule is CCCC(=O)c1ccn(Cc2nccn2C(F)F)c1. The van der Waals surface area contributed by atoms with Crippen LogP contribution in [0.4, 0.5) is 8.78 Å². The van der Waals surface area contributed by atoms with E-state index >= 15 is 0 Å². The topological polar surface area (TPSA) is 39.8 Å². The Balaban J connectivity index is 2.11. The molecule has 2 heterocycles. The maximum absolute atomic E-state index is 12.7. The van der Waals surface area contributed by atoms with E-state index in [1.807, 2.05) is 6.92 Å². The summed E-state index contributed by atoms with van der Waals surface area (Å²) in [7, 11) is 0. The lowest BCUT2D eigenvalue weighted by atomic mass is 10.1. The maximum atomic E-state index is 12.7. The van der Waals surface area contributed by atoms with Crippen molar-refractivity contribution in [2.24, 2.45) is 0 Å². The molecule has 6 heteroatoms. The molecule has 0 aliphatic rings. The first kappa shape index (κ1) is 13.5. The lowest BCUT2D eigenvalue weighted by Gasteiger charge is -2.06. The molecule has 0 saturated carbocycles. The number of imidazole rings is 1. The van der Waals surface area contributed by atoms with Crippen molar-refractivity contribution in [1.82, 2.24) is 14.1 Å². The number of nitrogens with zero attached hydrogens (tertiary/aromatic N) is 3. The van der Waals surface area contributed by atoms with E-state index in [9.17, 15) is 13.6 Å². The summed E-state index contributed by atoms with van der Waals surface area (Å²) in [6, 6.07) is 1.70. The molecule has 0 spiro atoms. The van der Waals surface area contributed by atoms with Gasteiger partial charge in [0.1, 0.15) is 5.82 Å². The molecular weight excluding hydrogens is 252 g/mol. The van der Waals surface area contributed by atoms with Crippen molar-refractivity contribution < 1.29 is 13.6 Å². The van der Waals surface area contributed by atoms with Crippen LogP contribution in [0, 0.1) is 0 Å². The normalized spacial score (nSPS) is 11.2. The fourth-order valence-electron chi connectivity index (χ4n) is 1.88. The second-order valence-corrected chi connectivity index (χ2v) is 4.27. The van der Waals surface area contributed by atoms with Crippen LogP contribution < -0.4 is 0 Å². The van der Waals surface area contributed by atoms with E-state index in [1.54, 1.807) is 23.0 Å². The molecule has 0 radical (unpaired) electrons. The lowest BCUT2D eigenvalue weighted by molar-refractivity contribution is 0.0667. The van der Waals surface area contributed by atoms with Gasteiger partial charge in [-0.1, -0.05) is 6.92 Å². The number of carbonyl (C=O) groups excluding carboxylic acids is 1. The minimum absolute atomic E-state index is 0.0680. The second-order valence-electron chi connectivity index (χ2n) is 4.27. The van der Waals surface area contributed by atoms with Gasteiger partial charge in [-0.25, -0.2) is 4.98 Å². The first-order valence-electron chi connectivity index (χ1n) is 6.10. The summed E-state index contributed by atoms with van der Waals surface area (Å²) in [4.78, 5) is 15.6. The fourth-order valence-corrected chi connectivity index (χ4v) is 1.88. The van der Waals surface area contributed by atoms with Gasteiger partial charge in [0.05, 0.1) is 6.54 Å². The van der Waals surface area contributed by atoms with E-state index in [0.29, 0.717) is 12.0 Å². The van der Waals surface area contributed by atoms with Crippen molar-refractivity contribution >= 4 is 5.78 Å². The number of ketones is 1.